The molecule has 1 fully saturated rings. The fourth-order valence-corrected chi connectivity index (χ4v) is 4.27. The van der Waals surface area contributed by atoms with Gasteiger partial charge in [0, 0.05) is 33.1 Å². The normalized spacial score (nSPS) is 14.9. The maximum Gasteiger partial charge on any atom is 0.233 e. The number of thioether (sulfide) groups is 1. The van der Waals surface area contributed by atoms with E-state index in [1.165, 1.54) is 17.3 Å². The summed E-state index contributed by atoms with van der Waals surface area (Å²) >= 11 is 1.41. The first-order valence-corrected chi connectivity index (χ1v) is 10.5. The number of carbonyl (C=O) groups is 2. The van der Waals surface area contributed by atoms with Crippen LogP contribution in [-0.2, 0) is 9.59 Å². The summed E-state index contributed by atoms with van der Waals surface area (Å²) < 4.78 is 2.01. The molecule has 0 spiro atoms. The van der Waals surface area contributed by atoms with Crippen LogP contribution in [-0.4, -0.2) is 68.3 Å². The van der Waals surface area contributed by atoms with E-state index in [0.717, 1.165) is 28.7 Å². The Bertz CT molecular complexity index is 879. The number of rotatable bonds is 4. The highest BCUT2D eigenvalue weighted by Gasteiger charge is 2.22. The summed E-state index contributed by atoms with van der Waals surface area (Å²) in [7, 11) is 0. The van der Waals surface area contributed by atoms with Crippen LogP contribution in [0.25, 0.3) is 5.69 Å². The van der Waals surface area contributed by atoms with Crippen molar-refractivity contribution in [1.29, 1.82) is 0 Å². The molecular formula is C20H27N5O2S. The van der Waals surface area contributed by atoms with E-state index >= 15 is 0 Å². The third-order valence-electron chi connectivity index (χ3n) is 5.02. The number of nitrogens with zero attached hydrogens (tertiary/aromatic N) is 5. The maximum atomic E-state index is 12.7. The molecule has 1 aromatic heterocycles. The van der Waals surface area contributed by atoms with Crippen LogP contribution in [0.1, 0.15) is 30.3 Å². The number of hydrogen-bond acceptors (Lipinski definition) is 5. The molecule has 1 saturated heterocycles. The van der Waals surface area contributed by atoms with Gasteiger partial charge >= 0.3 is 0 Å². The van der Waals surface area contributed by atoms with E-state index in [2.05, 4.69) is 42.2 Å². The maximum absolute atomic E-state index is 12.7. The van der Waals surface area contributed by atoms with Gasteiger partial charge in [-0.2, -0.15) is 0 Å². The van der Waals surface area contributed by atoms with E-state index in [1.54, 1.807) is 11.8 Å². The Labute approximate surface area is 170 Å². The number of aromatic nitrogens is 3. The molecule has 0 aliphatic carbocycles. The number of amides is 2. The van der Waals surface area contributed by atoms with Crippen LogP contribution in [0, 0.1) is 20.8 Å². The summed E-state index contributed by atoms with van der Waals surface area (Å²) in [4.78, 5) is 27.9. The third-order valence-corrected chi connectivity index (χ3v) is 5.93. The van der Waals surface area contributed by atoms with Gasteiger partial charge in [0.25, 0.3) is 0 Å². The van der Waals surface area contributed by atoms with E-state index in [4.69, 9.17) is 0 Å². The average molecular weight is 402 g/mol. The molecule has 0 radical (unpaired) electrons. The average Bonchev–Trinajstić information content (AvgIpc) is 2.86. The summed E-state index contributed by atoms with van der Waals surface area (Å²) in [6, 6.07) is 6.28. The molecule has 1 aliphatic heterocycles. The van der Waals surface area contributed by atoms with Gasteiger partial charge in [0.15, 0.2) is 5.16 Å². The lowest BCUT2D eigenvalue weighted by atomic mass is 10.1. The van der Waals surface area contributed by atoms with Crippen LogP contribution in [0.15, 0.2) is 23.4 Å². The highest BCUT2D eigenvalue weighted by Crippen LogP contribution is 2.25. The molecule has 0 unspecified atom stereocenters. The first-order chi connectivity index (χ1) is 13.4. The molecule has 0 saturated carbocycles. The topological polar surface area (TPSA) is 71.3 Å². The third kappa shape index (κ3) is 4.55. The summed E-state index contributed by atoms with van der Waals surface area (Å²) in [6.45, 7) is 10.2. The molecule has 7 nitrogen and oxygen atoms in total. The number of aryl methyl sites for hydroxylation is 3. The second kappa shape index (κ2) is 8.77. The van der Waals surface area contributed by atoms with Crippen molar-refractivity contribution in [3.05, 3.63) is 35.2 Å². The van der Waals surface area contributed by atoms with E-state index < -0.39 is 0 Å². The van der Waals surface area contributed by atoms with Gasteiger partial charge in [-0.3, -0.25) is 14.2 Å². The first-order valence-electron chi connectivity index (χ1n) is 9.52. The van der Waals surface area contributed by atoms with E-state index in [0.29, 0.717) is 31.9 Å². The molecule has 3 rings (SSSR count). The quantitative estimate of drug-likeness (QED) is 0.736. The van der Waals surface area contributed by atoms with Crippen molar-refractivity contribution in [2.24, 2.45) is 0 Å². The highest BCUT2D eigenvalue weighted by atomic mass is 32.2. The summed E-state index contributed by atoms with van der Waals surface area (Å²) in [5.41, 5.74) is 3.35. The van der Waals surface area contributed by atoms with Crippen molar-refractivity contribution < 1.29 is 9.59 Å². The lowest BCUT2D eigenvalue weighted by molar-refractivity contribution is -0.130. The molecular weight excluding hydrogens is 374 g/mol. The van der Waals surface area contributed by atoms with Gasteiger partial charge in [-0.1, -0.05) is 23.9 Å². The first kappa shape index (κ1) is 20.4. The number of hydrogen-bond donors (Lipinski definition) is 0. The number of benzene rings is 1. The molecule has 0 atom stereocenters. The minimum atomic E-state index is 0.0702. The molecule has 150 valence electrons. The van der Waals surface area contributed by atoms with Crippen LogP contribution in [0.2, 0.25) is 0 Å². The second-order valence-corrected chi connectivity index (χ2v) is 8.13. The van der Waals surface area contributed by atoms with Crippen molar-refractivity contribution in [2.75, 3.05) is 31.9 Å². The predicted molar refractivity (Wildman–Crippen MR) is 110 cm³/mol. The van der Waals surface area contributed by atoms with Crippen molar-refractivity contribution >= 4 is 23.6 Å². The van der Waals surface area contributed by atoms with Crippen LogP contribution in [0.4, 0.5) is 0 Å². The summed E-state index contributed by atoms with van der Waals surface area (Å²) in [5.74, 6) is 1.25. The van der Waals surface area contributed by atoms with Crippen LogP contribution in [0.3, 0.4) is 0 Å². The van der Waals surface area contributed by atoms with Gasteiger partial charge in [0.05, 0.1) is 11.4 Å². The van der Waals surface area contributed by atoms with Gasteiger partial charge in [-0.15, -0.1) is 10.2 Å². The van der Waals surface area contributed by atoms with Gasteiger partial charge in [0.1, 0.15) is 5.82 Å². The van der Waals surface area contributed by atoms with E-state index in [9.17, 15) is 9.59 Å². The molecule has 0 N–H and O–H groups in total. The lowest BCUT2D eigenvalue weighted by Gasteiger charge is -2.21. The lowest BCUT2D eigenvalue weighted by Crippen LogP contribution is -2.37. The standard InChI is InChI=1S/C20H27N5O2S/c1-14-6-7-15(2)18(12-14)25-16(3)21-22-20(25)28-13-19(27)24-9-5-8-23(10-11-24)17(4)26/h6-7,12H,5,8-11,13H2,1-4H3. The fraction of sp³-hybridized carbons (Fsp3) is 0.500. The zero-order valence-electron chi connectivity index (χ0n) is 16.9. The minimum Gasteiger partial charge on any atom is -0.341 e. The van der Waals surface area contributed by atoms with Crippen molar-refractivity contribution in [3.63, 3.8) is 0 Å². The van der Waals surface area contributed by atoms with Crippen LogP contribution >= 0.6 is 11.8 Å². The van der Waals surface area contributed by atoms with Crippen molar-refractivity contribution in [2.45, 2.75) is 39.3 Å². The SMILES string of the molecule is CC(=O)N1CCCN(C(=O)CSc2nnc(C)n2-c2cc(C)ccc2C)CC1. The largest absolute Gasteiger partial charge is 0.341 e. The van der Waals surface area contributed by atoms with Crippen molar-refractivity contribution in [1.82, 2.24) is 24.6 Å². The fourth-order valence-electron chi connectivity index (χ4n) is 3.37. The Hall–Kier alpha value is -2.35. The predicted octanol–water partition coefficient (Wildman–Crippen LogP) is 2.37. The van der Waals surface area contributed by atoms with Gasteiger partial charge in [-0.25, -0.2) is 0 Å². The van der Waals surface area contributed by atoms with Gasteiger partial charge in [-0.05, 0) is 44.4 Å². The van der Waals surface area contributed by atoms with Gasteiger partial charge in [0.2, 0.25) is 11.8 Å². The Morgan fingerprint density at radius 2 is 1.75 bits per heavy atom. The van der Waals surface area contributed by atoms with E-state index in [-0.39, 0.29) is 11.8 Å². The molecule has 2 aromatic rings. The number of carbonyl (C=O) groups excluding carboxylic acids is 2. The Morgan fingerprint density at radius 1 is 1.04 bits per heavy atom. The molecule has 1 aromatic carbocycles. The second-order valence-electron chi connectivity index (χ2n) is 7.18. The van der Waals surface area contributed by atoms with Crippen molar-refractivity contribution in [3.8, 4) is 5.69 Å². The van der Waals surface area contributed by atoms with Crippen LogP contribution < -0.4 is 0 Å². The Balaban J connectivity index is 1.69. The smallest absolute Gasteiger partial charge is 0.233 e. The molecule has 1 aliphatic rings. The zero-order valence-corrected chi connectivity index (χ0v) is 17.8. The summed E-state index contributed by atoms with van der Waals surface area (Å²) in [5, 5.41) is 9.23. The highest BCUT2D eigenvalue weighted by molar-refractivity contribution is 7.99. The Kier molecular flexibility index (Phi) is 6.39. The van der Waals surface area contributed by atoms with Crippen LogP contribution in [0.5, 0.6) is 0 Å². The molecule has 8 heteroatoms. The monoisotopic (exact) mass is 401 g/mol. The molecule has 2 amide bonds. The van der Waals surface area contributed by atoms with Gasteiger partial charge < -0.3 is 9.80 Å². The zero-order chi connectivity index (χ0) is 20.3. The van der Waals surface area contributed by atoms with E-state index in [1.807, 2.05) is 16.4 Å². The molecule has 28 heavy (non-hydrogen) atoms. The molecule has 2 heterocycles. The summed E-state index contributed by atoms with van der Waals surface area (Å²) in [6.07, 6.45) is 0.813. The Morgan fingerprint density at radius 3 is 2.50 bits per heavy atom. The molecule has 0 bridgehead atoms. The minimum absolute atomic E-state index is 0.0702.